The molecule has 1 fully saturated rings. The standard InChI is InChI=1S/C39H64N4O6/c1-38(2,3)26-43(24-32-22-30(18-20-41)14-16-36(32)48-28-46-8)34-12-10-9-11-33(34)42(25-37(44)49-39(4,5)6)23-31-21-29(17-19-40)13-15-35(31)47-27-45-7/h13-16,21-22,33-34H,9-12,17-20,23-28,40-41H2,1-8H3/t33-,34-/m1/s1. The van der Waals surface area contributed by atoms with Crippen LogP contribution in [0, 0.1) is 5.41 Å². The molecule has 2 aromatic carbocycles. The Hall–Kier alpha value is -2.73. The molecule has 1 aliphatic rings. The first-order valence-electron chi connectivity index (χ1n) is 17.8. The van der Waals surface area contributed by atoms with Gasteiger partial charge in [-0.2, -0.15) is 0 Å². The van der Waals surface area contributed by atoms with Crippen LogP contribution in [0.25, 0.3) is 0 Å². The summed E-state index contributed by atoms with van der Waals surface area (Å²) in [4.78, 5) is 18.5. The maximum atomic E-state index is 13.6. The van der Waals surface area contributed by atoms with Crippen molar-refractivity contribution < 1.29 is 28.5 Å². The third-order valence-electron chi connectivity index (χ3n) is 8.59. The minimum absolute atomic E-state index is 0.0259. The fourth-order valence-corrected chi connectivity index (χ4v) is 6.79. The Morgan fingerprint density at radius 1 is 0.755 bits per heavy atom. The molecule has 0 radical (unpaired) electrons. The highest BCUT2D eigenvalue weighted by Crippen LogP contribution is 2.35. The van der Waals surface area contributed by atoms with E-state index in [9.17, 15) is 4.79 Å². The Morgan fingerprint density at radius 2 is 1.22 bits per heavy atom. The van der Waals surface area contributed by atoms with Gasteiger partial charge in [-0.1, -0.05) is 57.9 Å². The van der Waals surface area contributed by atoms with Crippen molar-refractivity contribution in [2.75, 3.05) is 54.0 Å². The van der Waals surface area contributed by atoms with Crippen LogP contribution in [0.3, 0.4) is 0 Å². The summed E-state index contributed by atoms with van der Waals surface area (Å²) in [6.45, 7) is 16.3. The van der Waals surface area contributed by atoms with E-state index in [1.54, 1.807) is 14.2 Å². The predicted octanol–water partition coefficient (Wildman–Crippen LogP) is 5.66. The summed E-state index contributed by atoms with van der Waals surface area (Å²) in [5.74, 6) is 1.32. The smallest absolute Gasteiger partial charge is 0.320 e. The quantitative estimate of drug-likeness (QED) is 0.142. The van der Waals surface area contributed by atoms with Gasteiger partial charge in [0, 0.05) is 57.1 Å². The number of nitrogens with two attached hydrogens (primary N) is 2. The van der Waals surface area contributed by atoms with Gasteiger partial charge in [-0.25, -0.2) is 0 Å². The van der Waals surface area contributed by atoms with Crippen molar-refractivity contribution in [3.8, 4) is 11.5 Å². The largest absolute Gasteiger partial charge is 0.467 e. The molecule has 4 N–H and O–H groups in total. The molecule has 0 unspecified atom stereocenters. The highest BCUT2D eigenvalue weighted by atomic mass is 16.7. The molecule has 10 nitrogen and oxygen atoms in total. The second kappa shape index (κ2) is 19.6. The lowest BCUT2D eigenvalue weighted by Gasteiger charge is -2.47. The molecule has 1 saturated carbocycles. The average Bonchev–Trinajstić information content (AvgIpc) is 3.02. The first-order valence-corrected chi connectivity index (χ1v) is 17.8. The second-order valence-electron chi connectivity index (χ2n) is 15.4. The van der Waals surface area contributed by atoms with Crippen LogP contribution in [-0.4, -0.2) is 87.4 Å². The molecule has 276 valence electrons. The highest BCUT2D eigenvalue weighted by Gasteiger charge is 2.37. The molecule has 2 aromatic rings. The van der Waals surface area contributed by atoms with Gasteiger partial charge in [0.05, 0.1) is 6.54 Å². The van der Waals surface area contributed by atoms with E-state index in [4.69, 9.17) is 35.2 Å². The van der Waals surface area contributed by atoms with Gasteiger partial charge in [0.15, 0.2) is 13.6 Å². The minimum Gasteiger partial charge on any atom is -0.467 e. The molecule has 3 rings (SSSR count). The molecule has 0 aromatic heterocycles. The third-order valence-corrected chi connectivity index (χ3v) is 8.59. The number of benzene rings is 2. The summed E-state index contributed by atoms with van der Waals surface area (Å²) in [7, 11) is 3.25. The molecule has 2 atom stereocenters. The summed E-state index contributed by atoms with van der Waals surface area (Å²) >= 11 is 0. The van der Waals surface area contributed by atoms with Crippen LogP contribution in [0.5, 0.6) is 11.5 Å². The number of carbonyl (C=O) groups is 1. The molecule has 49 heavy (non-hydrogen) atoms. The lowest BCUT2D eigenvalue weighted by molar-refractivity contribution is -0.157. The van der Waals surface area contributed by atoms with Gasteiger partial charge in [-0.05, 0) is 88.2 Å². The van der Waals surface area contributed by atoms with Crippen LogP contribution in [0.2, 0.25) is 0 Å². The van der Waals surface area contributed by atoms with Gasteiger partial charge in [0.1, 0.15) is 17.1 Å². The van der Waals surface area contributed by atoms with E-state index >= 15 is 0 Å². The summed E-state index contributed by atoms with van der Waals surface area (Å²) in [6.07, 6.45) is 5.74. The van der Waals surface area contributed by atoms with Crippen molar-refractivity contribution in [3.05, 3.63) is 58.7 Å². The summed E-state index contributed by atoms with van der Waals surface area (Å²) < 4.78 is 28.6. The van der Waals surface area contributed by atoms with E-state index in [-0.39, 0.29) is 43.6 Å². The van der Waals surface area contributed by atoms with Gasteiger partial charge < -0.3 is 35.2 Å². The molecular weight excluding hydrogens is 620 g/mol. The number of hydrogen-bond donors (Lipinski definition) is 2. The fraction of sp³-hybridized carbons (Fsp3) is 0.667. The van der Waals surface area contributed by atoms with Crippen LogP contribution >= 0.6 is 0 Å². The predicted molar refractivity (Wildman–Crippen MR) is 196 cm³/mol. The molecule has 0 spiro atoms. The fourth-order valence-electron chi connectivity index (χ4n) is 6.79. The maximum Gasteiger partial charge on any atom is 0.320 e. The second-order valence-corrected chi connectivity index (χ2v) is 15.4. The van der Waals surface area contributed by atoms with Crippen LogP contribution in [0.4, 0.5) is 0 Å². The van der Waals surface area contributed by atoms with Crippen molar-refractivity contribution in [1.29, 1.82) is 0 Å². The lowest BCUT2D eigenvalue weighted by atomic mass is 9.85. The Morgan fingerprint density at radius 3 is 1.65 bits per heavy atom. The van der Waals surface area contributed by atoms with Crippen molar-refractivity contribution in [2.24, 2.45) is 16.9 Å². The Balaban J connectivity index is 2.09. The Labute approximate surface area is 295 Å². The lowest BCUT2D eigenvalue weighted by Crippen LogP contribution is -2.55. The molecule has 0 saturated heterocycles. The zero-order chi connectivity index (χ0) is 36.0. The van der Waals surface area contributed by atoms with E-state index in [1.165, 1.54) is 5.56 Å². The third kappa shape index (κ3) is 13.8. The Bertz CT molecular complexity index is 1290. The summed E-state index contributed by atoms with van der Waals surface area (Å²) in [5, 5.41) is 0. The van der Waals surface area contributed by atoms with Crippen molar-refractivity contribution in [3.63, 3.8) is 0 Å². The number of esters is 1. The highest BCUT2D eigenvalue weighted by molar-refractivity contribution is 5.72. The van der Waals surface area contributed by atoms with Crippen LogP contribution in [0.15, 0.2) is 36.4 Å². The van der Waals surface area contributed by atoms with Gasteiger partial charge in [-0.15, -0.1) is 0 Å². The molecule has 0 aliphatic heterocycles. The van der Waals surface area contributed by atoms with Crippen molar-refractivity contribution in [2.45, 2.75) is 111 Å². The average molecular weight is 685 g/mol. The summed E-state index contributed by atoms with van der Waals surface area (Å²) in [5.41, 5.74) is 15.8. The Kier molecular flexibility index (Phi) is 16.3. The van der Waals surface area contributed by atoms with Crippen LogP contribution in [-0.2, 0) is 44.9 Å². The van der Waals surface area contributed by atoms with Crippen LogP contribution in [0.1, 0.15) is 89.5 Å². The minimum atomic E-state index is -0.589. The number of carbonyl (C=O) groups excluding carboxylic acids is 1. The number of hydrogen-bond acceptors (Lipinski definition) is 10. The zero-order valence-corrected chi connectivity index (χ0v) is 31.5. The van der Waals surface area contributed by atoms with E-state index in [0.717, 1.165) is 73.3 Å². The summed E-state index contributed by atoms with van der Waals surface area (Å²) in [6, 6.07) is 12.8. The molecular formula is C39H64N4O6. The van der Waals surface area contributed by atoms with Gasteiger partial charge in [0.25, 0.3) is 0 Å². The van der Waals surface area contributed by atoms with E-state index in [0.29, 0.717) is 26.2 Å². The van der Waals surface area contributed by atoms with Gasteiger partial charge >= 0.3 is 5.97 Å². The molecule has 0 amide bonds. The first-order chi connectivity index (χ1) is 23.3. The van der Waals surface area contributed by atoms with E-state index in [2.05, 4.69) is 54.8 Å². The zero-order valence-electron chi connectivity index (χ0n) is 31.5. The normalized spacial score (nSPS) is 17.1. The molecule has 0 heterocycles. The number of nitrogens with zero attached hydrogens (tertiary/aromatic N) is 2. The molecule has 0 bridgehead atoms. The SMILES string of the molecule is COCOc1ccc(CCN)cc1CN(CC(=O)OC(C)(C)C)[C@@H]1CCCC[C@H]1N(Cc1cc(CCN)ccc1OCOC)CC(C)(C)C. The number of ether oxygens (including phenoxy) is 5. The van der Waals surface area contributed by atoms with Gasteiger partial charge in [0.2, 0.25) is 0 Å². The topological polar surface area (TPSA) is 122 Å². The number of rotatable bonds is 19. The van der Waals surface area contributed by atoms with Crippen molar-refractivity contribution >= 4 is 5.97 Å². The molecule has 10 heteroatoms. The van der Waals surface area contributed by atoms with E-state index in [1.807, 2.05) is 32.9 Å². The molecule has 1 aliphatic carbocycles. The monoisotopic (exact) mass is 684 g/mol. The first kappa shape index (κ1) is 40.7. The van der Waals surface area contributed by atoms with Crippen molar-refractivity contribution in [1.82, 2.24) is 9.80 Å². The van der Waals surface area contributed by atoms with Gasteiger partial charge in [-0.3, -0.25) is 14.6 Å². The van der Waals surface area contributed by atoms with Crippen LogP contribution < -0.4 is 20.9 Å². The van der Waals surface area contributed by atoms with E-state index < -0.39 is 5.60 Å². The maximum absolute atomic E-state index is 13.6. The number of methoxy groups -OCH3 is 2.